The van der Waals surface area contributed by atoms with Crippen molar-refractivity contribution in [2.75, 3.05) is 18.1 Å². The molecule has 0 fully saturated rings. The Labute approximate surface area is 150 Å². The van der Waals surface area contributed by atoms with Crippen LogP contribution in [0.2, 0.25) is 0 Å². The number of ether oxygens (including phenoxy) is 1. The molecule has 0 aromatic heterocycles. The molecule has 124 valence electrons. The number of halogens is 1. The fourth-order valence-electron chi connectivity index (χ4n) is 3.89. The summed E-state index contributed by atoms with van der Waals surface area (Å²) < 4.78 is 6.90. The number of unbranched alkanes of at least 4 members (excludes halogenated alkanes) is 2. The molecular weight excluding hydrogens is 366 g/mol. The van der Waals surface area contributed by atoms with Crippen LogP contribution in [0.25, 0.3) is 0 Å². The van der Waals surface area contributed by atoms with E-state index in [1.807, 2.05) is 35.2 Å². The van der Waals surface area contributed by atoms with Gasteiger partial charge in [0.15, 0.2) is 0 Å². The second-order valence-electron chi connectivity index (χ2n) is 6.52. The van der Waals surface area contributed by atoms with Gasteiger partial charge in [0.2, 0.25) is 5.91 Å². The number of anilines is 1. The van der Waals surface area contributed by atoms with Gasteiger partial charge in [-0.15, -0.1) is 0 Å². The van der Waals surface area contributed by atoms with E-state index in [1.165, 1.54) is 0 Å². The zero-order valence-electron chi connectivity index (χ0n) is 13.7. The van der Waals surface area contributed by atoms with Crippen molar-refractivity contribution in [2.45, 2.75) is 31.6 Å². The molecule has 1 spiro atoms. The van der Waals surface area contributed by atoms with Crippen molar-refractivity contribution < 1.29 is 9.53 Å². The molecule has 4 heteroatoms. The Morgan fingerprint density at radius 2 is 2.00 bits per heavy atom. The molecule has 0 radical (unpaired) electrons. The number of fused-ring (bicyclic) bond motifs is 4. The maximum atomic E-state index is 13.5. The summed E-state index contributed by atoms with van der Waals surface area (Å²) in [6.07, 6.45) is 3.31. The van der Waals surface area contributed by atoms with E-state index >= 15 is 0 Å². The molecule has 4 rings (SSSR count). The van der Waals surface area contributed by atoms with E-state index in [0.717, 1.165) is 52.8 Å². The van der Waals surface area contributed by atoms with Gasteiger partial charge in [-0.05, 0) is 36.2 Å². The number of hydrogen-bond acceptors (Lipinski definition) is 2. The summed E-state index contributed by atoms with van der Waals surface area (Å²) in [6, 6.07) is 14.1. The predicted molar refractivity (Wildman–Crippen MR) is 98.7 cm³/mol. The Hall–Kier alpha value is -1.81. The van der Waals surface area contributed by atoms with Gasteiger partial charge in [-0.2, -0.15) is 0 Å². The lowest BCUT2D eigenvalue weighted by Gasteiger charge is -2.23. The second-order valence-corrected chi connectivity index (χ2v) is 7.43. The van der Waals surface area contributed by atoms with Crippen LogP contribution in [0.4, 0.5) is 5.69 Å². The van der Waals surface area contributed by atoms with E-state index < -0.39 is 5.41 Å². The van der Waals surface area contributed by atoms with Gasteiger partial charge >= 0.3 is 0 Å². The summed E-state index contributed by atoms with van der Waals surface area (Å²) in [5.41, 5.74) is 2.40. The maximum absolute atomic E-state index is 13.5. The molecule has 0 N–H and O–H groups in total. The minimum Gasteiger partial charge on any atom is -0.491 e. The average molecular weight is 386 g/mol. The van der Waals surface area contributed by atoms with Crippen LogP contribution in [-0.2, 0) is 10.2 Å². The van der Waals surface area contributed by atoms with E-state index in [4.69, 9.17) is 4.74 Å². The lowest BCUT2D eigenvalue weighted by Crippen LogP contribution is -2.42. The van der Waals surface area contributed by atoms with Crippen molar-refractivity contribution in [3.63, 3.8) is 0 Å². The summed E-state index contributed by atoms with van der Waals surface area (Å²) in [5.74, 6) is 0.966. The Kier molecular flexibility index (Phi) is 3.87. The first-order chi connectivity index (χ1) is 11.7. The average Bonchev–Trinajstić information content (AvgIpc) is 3.08. The van der Waals surface area contributed by atoms with Crippen molar-refractivity contribution in [1.29, 1.82) is 0 Å². The number of hydrogen-bond donors (Lipinski definition) is 0. The van der Waals surface area contributed by atoms with Crippen LogP contribution in [0, 0.1) is 0 Å². The van der Waals surface area contributed by atoms with Gasteiger partial charge in [-0.3, -0.25) is 4.79 Å². The zero-order chi connectivity index (χ0) is 16.7. The van der Waals surface area contributed by atoms with Gasteiger partial charge in [0, 0.05) is 22.3 Å². The molecule has 1 amide bonds. The zero-order valence-corrected chi connectivity index (χ0v) is 15.3. The topological polar surface area (TPSA) is 29.5 Å². The largest absolute Gasteiger partial charge is 0.491 e. The molecule has 2 aliphatic rings. The summed E-state index contributed by atoms with van der Waals surface area (Å²) >= 11 is 3.54. The van der Waals surface area contributed by atoms with E-state index in [1.54, 1.807) is 0 Å². The first kappa shape index (κ1) is 15.7. The minimum absolute atomic E-state index is 0.150. The molecule has 2 heterocycles. The summed E-state index contributed by atoms with van der Waals surface area (Å²) in [5, 5.41) is 0. The van der Waals surface area contributed by atoms with Crippen molar-refractivity contribution in [3.05, 3.63) is 58.1 Å². The molecule has 0 aliphatic carbocycles. The van der Waals surface area contributed by atoms with Crippen LogP contribution < -0.4 is 9.64 Å². The van der Waals surface area contributed by atoms with Crippen molar-refractivity contribution >= 4 is 27.5 Å². The third-order valence-electron chi connectivity index (χ3n) is 5.10. The van der Waals surface area contributed by atoms with Gasteiger partial charge < -0.3 is 9.64 Å². The van der Waals surface area contributed by atoms with Gasteiger partial charge in [0.25, 0.3) is 0 Å². The monoisotopic (exact) mass is 385 g/mol. The minimum atomic E-state index is -0.693. The standard InChI is InChI=1S/C20H20BrNO2/c1-2-3-6-11-22-17-8-5-4-7-15(17)20(19(22)23)13-24-18-10-9-14(21)12-16(18)20/h4-5,7-10,12H,2-3,6,11,13H2,1H3/t20-/m1/s1. The highest BCUT2D eigenvalue weighted by Gasteiger charge is 2.56. The quantitative estimate of drug-likeness (QED) is 0.715. The number of amides is 1. The van der Waals surface area contributed by atoms with Crippen LogP contribution in [-0.4, -0.2) is 19.1 Å². The smallest absolute Gasteiger partial charge is 0.245 e. The Morgan fingerprint density at radius 3 is 2.83 bits per heavy atom. The molecule has 1 atom stereocenters. The molecule has 24 heavy (non-hydrogen) atoms. The highest BCUT2D eigenvalue weighted by molar-refractivity contribution is 9.10. The molecule has 0 unspecified atom stereocenters. The van der Waals surface area contributed by atoms with E-state index in [0.29, 0.717) is 6.61 Å². The molecule has 0 saturated heterocycles. The summed E-state index contributed by atoms with van der Waals surface area (Å²) in [4.78, 5) is 15.4. The molecule has 0 saturated carbocycles. The van der Waals surface area contributed by atoms with Crippen LogP contribution >= 0.6 is 15.9 Å². The number of carbonyl (C=O) groups is 1. The Balaban J connectivity index is 1.84. The van der Waals surface area contributed by atoms with Crippen molar-refractivity contribution in [3.8, 4) is 5.75 Å². The first-order valence-corrected chi connectivity index (χ1v) is 9.32. The van der Waals surface area contributed by atoms with Crippen LogP contribution in [0.5, 0.6) is 5.75 Å². The van der Waals surface area contributed by atoms with Gasteiger partial charge in [0.05, 0.1) is 0 Å². The Bertz CT molecular complexity index is 804. The van der Waals surface area contributed by atoms with Crippen molar-refractivity contribution in [2.24, 2.45) is 0 Å². The highest BCUT2D eigenvalue weighted by Crippen LogP contribution is 2.52. The normalized spacial score (nSPS) is 21.1. The predicted octanol–water partition coefficient (Wildman–Crippen LogP) is 4.66. The van der Waals surface area contributed by atoms with Crippen molar-refractivity contribution in [1.82, 2.24) is 0 Å². The lowest BCUT2D eigenvalue weighted by molar-refractivity contribution is -0.122. The van der Waals surface area contributed by atoms with Crippen LogP contribution in [0.3, 0.4) is 0 Å². The number of benzene rings is 2. The Morgan fingerprint density at radius 1 is 1.17 bits per heavy atom. The fourth-order valence-corrected chi connectivity index (χ4v) is 4.25. The van der Waals surface area contributed by atoms with Crippen LogP contribution in [0.15, 0.2) is 46.9 Å². The summed E-state index contributed by atoms with van der Waals surface area (Å²) in [7, 11) is 0. The molecule has 2 aromatic carbocycles. The third-order valence-corrected chi connectivity index (χ3v) is 5.59. The lowest BCUT2D eigenvalue weighted by atomic mass is 9.77. The number of carbonyl (C=O) groups excluding carboxylic acids is 1. The number of rotatable bonds is 4. The van der Waals surface area contributed by atoms with Crippen LogP contribution in [0.1, 0.15) is 37.3 Å². The highest BCUT2D eigenvalue weighted by atomic mass is 79.9. The SMILES string of the molecule is CCCCCN1C(=O)[C@]2(COc3ccc(Br)cc32)c2ccccc21. The number of para-hydroxylation sites is 1. The third kappa shape index (κ3) is 2.12. The first-order valence-electron chi connectivity index (χ1n) is 8.53. The second kappa shape index (κ2) is 5.92. The van der Waals surface area contributed by atoms with E-state index in [-0.39, 0.29) is 5.91 Å². The molecule has 3 nitrogen and oxygen atoms in total. The fraction of sp³-hybridized carbons (Fsp3) is 0.350. The maximum Gasteiger partial charge on any atom is 0.245 e. The molecule has 2 aromatic rings. The summed E-state index contributed by atoms with van der Waals surface area (Å²) in [6.45, 7) is 3.34. The molecule has 0 bridgehead atoms. The van der Waals surface area contributed by atoms with E-state index in [9.17, 15) is 4.79 Å². The number of nitrogens with zero attached hydrogens (tertiary/aromatic N) is 1. The van der Waals surface area contributed by atoms with E-state index in [2.05, 4.69) is 35.0 Å². The molecule has 2 aliphatic heterocycles. The van der Waals surface area contributed by atoms with Gasteiger partial charge in [0.1, 0.15) is 17.8 Å². The molecular formula is C20H20BrNO2. The van der Waals surface area contributed by atoms with Gasteiger partial charge in [-0.25, -0.2) is 0 Å². The van der Waals surface area contributed by atoms with Gasteiger partial charge in [-0.1, -0.05) is 53.9 Å².